The van der Waals surface area contributed by atoms with E-state index in [0.717, 1.165) is 18.4 Å². The number of benzene rings is 1. The van der Waals surface area contributed by atoms with E-state index in [-0.39, 0.29) is 24.8 Å². The van der Waals surface area contributed by atoms with Gasteiger partial charge in [-0.05, 0) is 43.5 Å². The van der Waals surface area contributed by atoms with Gasteiger partial charge in [-0.25, -0.2) is 0 Å². The van der Waals surface area contributed by atoms with Crippen LogP contribution in [-0.2, 0) is 14.3 Å². The molecule has 0 bridgehead atoms. The Morgan fingerprint density at radius 1 is 1.00 bits per heavy atom. The smallest absolute Gasteiger partial charge is 0.311 e. The van der Waals surface area contributed by atoms with Crippen LogP contribution in [0, 0.1) is 6.92 Å². The highest BCUT2D eigenvalue weighted by Gasteiger charge is 2.10. The zero-order valence-electron chi connectivity index (χ0n) is 14.6. The lowest BCUT2D eigenvalue weighted by Crippen LogP contribution is -2.11. The number of aryl methyl sites for hydroxylation is 1. The molecule has 0 saturated heterocycles. The summed E-state index contributed by atoms with van der Waals surface area (Å²) in [5.41, 5.74) is 0.804. The summed E-state index contributed by atoms with van der Waals surface area (Å²) in [5.74, 6) is -0.104. The van der Waals surface area contributed by atoms with Crippen molar-refractivity contribution in [3.05, 3.63) is 28.8 Å². The van der Waals surface area contributed by atoms with Crippen LogP contribution < -0.4 is 4.74 Å². The third-order valence-electron chi connectivity index (χ3n) is 3.63. The van der Waals surface area contributed by atoms with Gasteiger partial charge in [-0.15, -0.1) is 0 Å². The topological polar surface area (TPSA) is 52.6 Å². The van der Waals surface area contributed by atoms with Crippen molar-refractivity contribution >= 4 is 23.5 Å². The Morgan fingerprint density at radius 3 is 2.42 bits per heavy atom. The highest BCUT2D eigenvalue weighted by atomic mass is 35.5. The Kier molecular flexibility index (Phi) is 10.2. The molecular formula is C19H27ClO4. The fraction of sp³-hybridized carbons (Fsp3) is 0.579. The minimum atomic E-state index is -0.354. The van der Waals surface area contributed by atoms with Gasteiger partial charge in [0.25, 0.3) is 0 Å². The van der Waals surface area contributed by atoms with E-state index in [4.69, 9.17) is 21.1 Å². The van der Waals surface area contributed by atoms with E-state index in [0.29, 0.717) is 23.8 Å². The maximum atomic E-state index is 11.8. The molecule has 0 aliphatic carbocycles. The summed E-state index contributed by atoms with van der Waals surface area (Å²) in [4.78, 5) is 23.4. The summed E-state index contributed by atoms with van der Waals surface area (Å²) in [7, 11) is 0. The number of halogens is 1. The summed E-state index contributed by atoms with van der Waals surface area (Å²) in [6, 6.07) is 5.08. The van der Waals surface area contributed by atoms with Crippen LogP contribution in [-0.4, -0.2) is 18.5 Å². The molecule has 0 aromatic heterocycles. The van der Waals surface area contributed by atoms with Crippen LogP contribution in [0.2, 0.25) is 5.02 Å². The van der Waals surface area contributed by atoms with Crippen LogP contribution in [0.25, 0.3) is 0 Å². The Labute approximate surface area is 149 Å². The first-order chi connectivity index (χ1) is 11.5. The molecule has 0 spiro atoms. The molecule has 5 heteroatoms. The maximum absolute atomic E-state index is 11.8. The Morgan fingerprint density at radius 2 is 1.71 bits per heavy atom. The van der Waals surface area contributed by atoms with Gasteiger partial charge < -0.3 is 9.47 Å². The summed E-state index contributed by atoms with van der Waals surface area (Å²) in [5, 5.41) is 0.602. The minimum Gasteiger partial charge on any atom is -0.466 e. The summed E-state index contributed by atoms with van der Waals surface area (Å²) in [6.45, 7) is 4.46. The quantitative estimate of drug-likeness (QED) is 0.310. The summed E-state index contributed by atoms with van der Waals surface area (Å²) in [6.07, 6.45) is 6.47. The number of unbranched alkanes of at least 4 members (excludes halogenated alkanes) is 4. The molecule has 0 saturated carbocycles. The predicted molar refractivity (Wildman–Crippen MR) is 95.4 cm³/mol. The van der Waals surface area contributed by atoms with Gasteiger partial charge in [0, 0.05) is 17.9 Å². The second-order valence-electron chi connectivity index (χ2n) is 5.87. The summed E-state index contributed by atoms with van der Waals surface area (Å²) >= 11 is 5.86. The van der Waals surface area contributed by atoms with Gasteiger partial charge in [0.1, 0.15) is 5.75 Å². The Balaban J connectivity index is 2.13. The van der Waals surface area contributed by atoms with Crippen LogP contribution in [0.15, 0.2) is 18.2 Å². The molecule has 1 rings (SSSR count). The normalized spacial score (nSPS) is 10.5. The highest BCUT2D eigenvalue weighted by molar-refractivity contribution is 6.30. The Bertz CT molecular complexity index is 528. The first-order valence-corrected chi connectivity index (χ1v) is 9.03. The first-order valence-electron chi connectivity index (χ1n) is 8.65. The molecule has 0 radical (unpaired) electrons. The third kappa shape index (κ3) is 8.92. The van der Waals surface area contributed by atoms with Gasteiger partial charge in [0.2, 0.25) is 0 Å². The lowest BCUT2D eigenvalue weighted by Gasteiger charge is -2.08. The largest absolute Gasteiger partial charge is 0.466 e. The SMILES string of the molecule is CCCCCCCOC(=O)CCCC(=O)Oc1ccc(Cl)cc1C. The monoisotopic (exact) mass is 354 g/mol. The van der Waals surface area contributed by atoms with Gasteiger partial charge in [-0.3, -0.25) is 9.59 Å². The minimum absolute atomic E-state index is 0.188. The molecule has 24 heavy (non-hydrogen) atoms. The molecule has 1 aromatic rings. The number of hydrogen-bond donors (Lipinski definition) is 0. The molecule has 0 amide bonds. The molecule has 134 valence electrons. The van der Waals surface area contributed by atoms with Crippen LogP contribution >= 0.6 is 11.6 Å². The molecule has 0 aliphatic rings. The van der Waals surface area contributed by atoms with E-state index < -0.39 is 0 Å². The number of hydrogen-bond acceptors (Lipinski definition) is 4. The molecule has 1 aromatic carbocycles. The van der Waals surface area contributed by atoms with Gasteiger partial charge in [-0.2, -0.15) is 0 Å². The molecule has 0 atom stereocenters. The van der Waals surface area contributed by atoms with E-state index in [1.54, 1.807) is 18.2 Å². The van der Waals surface area contributed by atoms with Crippen molar-refractivity contribution in [2.24, 2.45) is 0 Å². The number of carbonyl (C=O) groups is 2. The molecule has 0 unspecified atom stereocenters. The molecule has 4 nitrogen and oxygen atoms in total. The van der Waals surface area contributed by atoms with Crippen molar-refractivity contribution < 1.29 is 19.1 Å². The van der Waals surface area contributed by atoms with Crippen molar-refractivity contribution in [1.29, 1.82) is 0 Å². The number of ether oxygens (including phenoxy) is 2. The highest BCUT2D eigenvalue weighted by Crippen LogP contribution is 2.22. The Hall–Kier alpha value is -1.55. The molecular weight excluding hydrogens is 328 g/mol. The second kappa shape index (κ2) is 11.9. The van der Waals surface area contributed by atoms with E-state index in [1.165, 1.54) is 19.3 Å². The van der Waals surface area contributed by atoms with Gasteiger partial charge >= 0.3 is 11.9 Å². The van der Waals surface area contributed by atoms with Gasteiger partial charge in [0.05, 0.1) is 6.61 Å². The number of rotatable bonds is 11. The molecule has 0 heterocycles. The fourth-order valence-corrected chi connectivity index (χ4v) is 2.47. The van der Waals surface area contributed by atoms with Crippen LogP contribution in [0.3, 0.4) is 0 Å². The number of carbonyl (C=O) groups excluding carboxylic acids is 2. The van der Waals surface area contributed by atoms with E-state index in [2.05, 4.69) is 6.92 Å². The molecule has 0 N–H and O–H groups in total. The van der Waals surface area contributed by atoms with Gasteiger partial charge in [0.15, 0.2) is 0 Å². The molecule has 0 fully saturated rings. The average molecular weight is 355 g/mol. The first kappa shape index (κ1) is 20.5. The lowest BCUT2D eigenvalue weighted by atomic mass is 10.2. The van der Waals surface area contributed by atoms with Crippen molar-refractivity contribution in [2.75, 3.05) is 6.61 Å². The standard InChI is InChI=1S/C19H27ClO4/c1-3-4-5-6-7-13-23-18(21)9-8-10-19(22)24-17-12-11-16(20)14-15(17)2/h11-12,14H,3-10,13H2,1-2H3. The number of esters is 2. The van der Waals surface area contributed by atoms with Crippen LogP contribution in [0.5, 0.6) is 5.75 Å². The van der Waals surface area contributed by atoms with E-state index in [1.807, 2.05) is 6.92 Å². The predicted octanol–water partition coefficient (Wildman–Crippen LogP) is 5.24. The van der Waals surface area contributed by atoms with E-state index >= 15 is 0 Å². The maximum Gasteiger partial charge on any atom is 0.311 e. The van der Waals surface area contributed by atoms with Crippen molar-refractivity contribution in [1.82, 2.24) is 0 Å². The van der Waals surface area contributed by atoms with Gasteiger partial charge in [-0.1, -0.05) is 44.2 Å². The van der Waals surface area contributed by atoms with Crippen molar-refractivity contribution in [2.45, 2.75) is 65.2 Å². The van der Waals surface area contributed by atoms with Crippen molar-refractivity contribution in [3.8, 4) is 5.75 Å². The third-order valence-corrected chi connectivity index (χ3v) is 3.87. The molecule has 0 aliphatic heterocycles. The zero-order chi connectivity index (χ0) is 17.8. The zero-order valence-corrected chi connectivity index (χ0v) is 15.4. The van der Waals surface area contributed by atoms with Crippen LogP contribution in [0.4, 0.5) is 0 Å². The fourth-order valence-electron chi connectivity index (χ4n) is 2.24. The van der Waals surface area contributed by atoms with Crippen LogP contribution in [0.1, 0.15) is 63.9 Å². The van der Waals surface area contributed by atoms with E-state index in [9.17, 15) is 9.59 Å². The average Bonchev–Trinajstić information content (AvgIpc) is 2.53. The summed E-state index contributed by atoms with van der Waals surface area (Å²) < 4.78 is 10.4. The second-order valence-corrected chi connectivity index (χ2v) is 6.31. The van der Waals surface area contributed by atoms with Crippen molar-refractivity contribution in [3.63, 3.8) is 0 Å². The lowest BCUT2D eigenvalue weighted by molar-refractivity contribution is -0.144.